The van der Waals surface area contributed by atoms with Gasteiger partial charge in [-0.05, 0) is 37.2 Å². The number of fused-ring (bicyclic) bond motifs is 1. The highest BCUT2D eigenvalue weighted by Crippen LogP contribution is 2.43. The molecule has 1 atom stereocenters. The van der Waals surface area contributed by atoms with Crippen LogP contribution in [0.15, 0.2) is 0 Å². The van der Waals surface area contributed by atoms with Crippen molar-refractivity contribution >= 4 is 22.3 Å². The largest absolute Gasteiger partial charge is 0.478 e. The number of nitrogens with two attached hydrogens (primary N) is 1. The van der Waals surface area contributed by atoms with Gasteiger partial charge in [-0.3, -0.25) is 0 Å². The molecule has 4 heteroatoms. The van der Waals surface area contributed by atoms with Gasteiger partial charge in [-0.15, -0.1) is 11.3 Å². The number of carboxylic acid groups (broad SMARTS) is 1. The highest BCUT2D eigenvalue weighted by molar-refractivity contribution is 7.16. The minimum atomic E-state index is -0.870. The first kappa shape index (κ1) is 10.5. The molecule has 1 aliphatic carbocycles. The first-order valence-corrected chi connectivity index (χ1v) is 6.11. The third-order valence-corrected chi connectivity index (χ3v) is 4.22. The van der Waals surface area contributed by atoms with Crippen molar-refractivity contribution in [1.82, 2.24) is 0 Å². The number of aryl methyl sites for hydroxylation is 1. The van der Waals surface area contributed by atoms with Crippen LogP contribution in [-0.4, -0.2) is 11.1 Å². The van der Waals surface area contributed by atoms with E-state index in [1.54, 1.807) is 0 Å². The van der Waals surface area contributed by atoms with E-state index in [9.17, 15) is 4.79 Å². The van der Waals surface area contributed by atoms with Gasteiger partial charge < -0.3 is 10.8 Å². The van der Waals surface area contributed by atoms with Crippen LogP contribution in [0.4, 0.5) is 5.00 Å². The monoisotopic (exact) mass is 225 g/mol. The maximum Gasteiger partial charge on any atom is 0.338 e. The van der Waals surface area contributed by atoms with Gasteiger partial charge in [0, 0.05) is 4.88 Å². The Hall–Kier alpha value is -1.03. The summed E-state index contributed by atoms with van der Waals surface area (Å²) in [6, 6.07) is 0. The number of rotatable bonds is 2. The molecule has 1 unspecified atom stereocenters. The zero-order valence-electron chi connectivity index (χ0n) is 8.75. The average Bonchev–Trinajstić information content (AvgIpc) is 2.53. The van der Waals surface area contributed by atoms with Crippen LogP contribution in [0.1, 0.15) is 52.9 Å². The average molecular weight is 225 g/mol. The lowest BCUT2D eigenvalue weighted by atomic mass is 9.83. The Bertz CT molecular complexity index is 398. The molecule has 0 radical (unpaired) electrons. The van der Waals surface area contributed by atoms with Gasteiger partial charge in [0.2, 0.25) is 0 Å². The number of anilines is 1. The van der Waals surface area contributed by atoms with Crippen molar-refractivity contribution in [2.45, 2.75) is 38.5 Å². The van der Waals surface area contributed by atoms with Gasteiger partial charge in [0.05, 0.1) is 5.56 Å². The molecular formula is C11H15NO2S. The molecule has 1 aromatic heterocycles. The van der Waals surface area contributed by atoms with E-state index in [-0.39, 0.29) is 0 Å². The van der Waals surface area contributed by atoms with Gasteiger partial charge in [-0.2, -0.15) is 0 Å². The molecule has 0 saturated heterocycles. The van der Waals surface area contributed by atoms with Gasteiger partial charge in [-0.25, -0.2) is 4.79 Å². The second kappa shape index (κ2) is 3.85. The van der Waals surface area contributed by atoms with Crippen molar-refractivity contribution in [2.75, 3.05) is 5.73 Å². The molecule has 0 fully saturated rings. The Balaban J connectivity index is 2.56. The van der Waals surface area contributed by atoms with Gasteiger partial charge in [0.25, 0.3) is 0 Å². The molecule has 3 N–H and O–H groups in total. The van der Waals surface area contributed by atoms with E-state index in [1.165, 1.54) is 16.2 Å². The van der Waals surface area contributed by atoms with E-state index < -0.39 is 5.97 Å². The zero-order chi connectivity index (χ0) is 11.0. The Morgan fingerprint density at radius 1 is 1.67 bits per heavy atom. The Morgan fingerprint density at radius 2 is 2.40 bits per heavy atom. The number of carbonyl (C=O) groups is 1. The topological polar surface area (TPSA) is 63.3 Å². The fraction of sp³-hybridized carbons (Fsp3) is 0.545. The van der Waals surface area contributed by atoms with Crippen LogP contribution >= 0.6 is 11.3 Å². The predicted octanol–water partition coefficient (Wildman–Crippen LogP) is 2.86. The number of nitrogen functional groups attached to an aromatic ring is 1. The minimum Gasteiger partial charge on any atom is -0.478 e. The van der Waals surface area contributed by atoms with E-state index >= 15 is 0 Å². The van der Waals surface area contributed by atoms with Crippen LogP contribution in [0.3, 0.4) is 0 Å². The van der Waals surface area contributed by atoms with Crippen LogP contribution < -0.4 is 5.73 Å². The first-order valence-electron chi connectivity index (χ1n) is 5.29. The third-order valence-electron chi connectivity index (χ3n) is 3.12. The summed E-state index contributed by atoms with van der Waals surface area (Å²) in [6.07, 6.45) is 4.25. The van der Waals surface area contributed by atoms with Crippen molar-refractivity contribution < 1.29 is 9.90 Å². The summed E-state index contributed by atoms with van der Waals surface area (Å²) in [5.41, 5.74) is 7.18. The molecular weight excluding hydrogens is 210 g/mol. The number of aromatic carboxylic acids is 1. The molecule has 0 spiro atoms. The molecule has 0 aliphatic heterocycles. The SMILES string of the molecule is CCC1CCCc2sc(N)c(C(=O)O)c21. The van der Waals surface area contributed by atoms with Crippen molar-refractivity contribution in [3.05, 3.63) is 16.0 Å². The molecule has 0 bridgehead atoms. The van der Waals surface area contributed by atoms with Crippen LogP contribution in [0.2, 0.25) is 0 Å². The number of hydrogen-bond donors (Lipinski definition) is 2. The van der Waals surface area contributed by atoms with Crippen molar-refractivity contribution in [1.29, 1.82) is 0 Å². The molecule has 2 rings (SSSR count). The van der Waals surface area contributed by atoms with Crippen molar-refractivity contribution in [3.63, 3.8) is 0 Å². The lowest BCUT2D eigenvalue weighted by molar-refractivity contribution is 0.0696. The summed E-state index contributed by atoms with van der Waals surface area (Å²) in [5.74, 6) is -0.473. The Kier molecular flexibility index (Phi) is 2.69. The number of hydrogen-bond acceptors (Lipinski definition) is 3. The summed E-state index contributed by atoms with van der Waals surface area (Å²) in [4.78, 5) is 12.3. The minimum absolute atomic E-state index is 0.376. The number of thiophene rings is 1. The Morgan fingerprint density at radius 3 is 3.00 bits per heavy atom. The van der Waals surface area contributed by atoms with E-state index in [0.29, 0.717) is 16.5 Å². The molecule has 1 heterocycles. The molecule has 3 nitrogen and oxygen atoms in total. The summed E-state index contributed by atoms with van der Waals surface area (Å²) in [7, 11) is 0. The standard InChI is InChI=1S/C11H15NO2S/c1-2-6-4-3-5-7-8(6)9(11(13)14)10(12)15-7/h6H,2-5,12H2,1H3,(H,13,14). The van der Waals surface area contributed by atoms with Gasteiger partial charge in [0.1, 0.15) is 5.00 Å². The predicted molar refractivity (Wildman–Crippen MR) is 61.7 cm³/mol. The molecule has 0 saturated carbocycles. The number of carboxylic acids is 1. The summed E-state index contributed by atoms with van der Waals surface area (Å²) < 4.78 is 0. The summed E-state index contributed by atoms with van der Waals surface area (Å²) >= 11 is 1.46. The van der Waals surface area contributed by atoms with Crippen molar-refractivity contribution in [3.8, 4) is 0 Å². The summed E-state index contributed by atoms with van der Waals surface area (Å²) in [5, 5.41) is 9.63. The second-order valence-corrected chi connectivity index (χ2v) is 5.12. The lowest BCUT2D eigenvalue weighted by Crippen LogP contribution is -2.11. The molecule has 0 aromatic carbocycles. The van der Waals surface area contributed by atoms with E-state index in [0.717, 1.165) is 31.2 Å². The third kappa shape index (κ3) is 1.63. The highest BCUT2D eigenvalue weighted by atomic mass is 32.1. The fourth-order valence-corrected chi connectivity index (χ4v) is 3.60. The maximum atomic E-state index is 11.1. The van der Waals surface area contributed by atoms with E-state index in [2.05, 4.69) is 6.92 Å². The lowest BCUT2D eigenvalue weighted by Gasteiger charge is -2.21. The van der Waals surface area contributed by atoms with Gasteiger partial charge >= 0.3 is 5.97 Å². The molecule has 1 aromatic rings. The normalized spacial score (nSPS) is 19.9. The van der Waals surface area contributed by atoms with E-state index in [4.69, 9.17) is 10.8 Å². The second-order valence-electron chi connectivity index (χ2n) is 3.98. The van der Waals surface area contributed by atoms with Crippen molar-refractivity contribution in [2.24, 2.45) is 0 Å². The molecule has 0 amide bonds. The van der Waals surface area contributed by atoms with Gasteiger partial charge in [-0.1, -0.05) is 6.92 Å². The molecule has 82 valence electrons. The van der Waals surface area contributed by atoms with Crippen LogP contribution in [-0.2, 0) is 6.42 Å². The van der Waals surface area contributed by atoms with E-state index in [1.807, 2.05) is 0 Å². The maximum absolute atomic E-state index is 11.1. The van der Waals surface area contributed by atoms with Gasteiger partial charge in [0.15, 0.2) is 0 Å². The first-order chi connectivity index (χ1) is 7.15. The summed E-state index contributed by atoms with van der Waals surface area (Å²) in [6.45, 7) is 2.11. The van der Waals surface area contributed by atoms with Crippen LogP contribution in [0, 0.1) is 0 Å². The quantitative estimate of drug-likeness (QED) is 0.813. The van der Waals surface area contributed by atoms with Crippen LogP contribution in [0.5, 0.6) is 0 Å². The smallest absolute Gasteiger partial charge is 0.338 e. The zero-order valence-corrected chi connectivity index (χ0v) is 9.56. The molecule has 1 aliphatic rings. The fourth-order valence-electron chi connectivity index (χ4n) is 2.41. The Labute approximate surface area is 92.9 Å². The highest BCUT2D eigenvalue weighted by Gasteiger charge is 2.29. The van der Waals surface area contributed by atoms with Crippen LogP contribution in [0.25, 0.3) is 0 Å². The molecule has 15 heavy (non-hydrogen) atoms.